The molecule has 1 aliphatic heterocycles. The molecule has 1 N–H and O–H groups in total. The summed E-state index contributed by atoms with van der Waals surface area (Å²) < 4.78 is 12.7. The van der Waals surface area contributed by atoms with Crippen molar-refractivity contribution >= 4 is 11.6 Å². The molecule has 1 aromatic rings. The second kappa shape index (κ2) is 13.7. The first kappa shape index (κ1) is 25.7. The van der Waals surface area contributed by atoms with Crippen LogP contribution in [0.4, 0.5) is 5.69 Å². The van der Waals surface area contributed by atoms with Crippen molar-refractivity contribution in [2.24, 2.45) is 5.92 Å². The number of quaternary nitrogens is 1. The molecule has 5 nitrogen and oxygen atoms in total. The Balaban J connectivity index is 2.45. The summed E-state index contributed by atoms with van der Waals surface area (Å²) >= 11 is 0. The zero-order chi connectivity index (χ0) is 22.5. The lowest BCUT2D eigenvalue weighted by molar-refractivity contribution is -0.135. The molecule has 2 rings (SSSR count). The van der Waals surface area contributed by atoms with E-state index in [0.29, 0.717) is 23.6 Å². The largest absolute Gasteiger partial charge is 0.493 e. The summed E-state index contributed by atoms with van der Waals surface area (Å²) in [5, 5.41) is 3.45. The quantitative estimate of drug-likeness (QED) is 0.302. The van der Waals surface area contributed by atoms with Crippen molar-refractivity contribution in [3.05, 3.63) is 18.2 Å². The number of piperazine rings is 1. The van der Waals surface area contributed by atoms with Crippen LogP contribution in [0, 0.1) is 5.92 Å². The number of carbonyl (C=O) groups excluding carboxylic acids is 1. The summed E-state index contributed by atoms with van der Waals surface area (Å²) in [6.45, 7) is 13.3. The molecule has 0 bridgehead atoms. The van der Waals surface area contributed by atoms with Crippen LogP contribution >= 0.6 is 0 Å². The van der Waals surface area contributed by atoms with Crippen molar-refractivity contribution in [2.45, 2.75) is 79.1 Å². The SMILES string of the molecule is CCCCOc1ccc(OCCCC)c([N+]2(C(=O)C(CC)CCCC)CCNCC2)c1. The maximum Gasteiger partial charge on any atom is 0.321 e. The monoisotopic (exact) mass is 433 g/mol. The Hall–Kier alpha value is -1.59. The predicted molar refractivity (Wildman–Crippen MR) is 130 cm³/mol. The number of amides is 1. The van der Waals surface area contributed by atoms with Gasteiger partial charge in [-0.25, -0.2) is 9.28 Å². The fourth-order valence-corrected chi connectivity index (χ4v) is 4.36. The van der Waals surface area contributed by atoms with Crippen LogP contribution in [0.5, 0.6) is 11.5 Å². The van der Waals surface area contributed by atoms with Crippen LogP contribution in [0.1, 0.15) is 79.1 Å². The average Bonchev–Trinajstić information content (AvgIpc) is 2.81. The number of hydrogen-bond acceptors (Lipinski definition) is 4. The van der Waals surface area contributed by atoms with E-state index in [1.165, 1.54) is 0 Å². The molecule has 31 heavy (non-hydrogen) atoms. The lowest BCUT2D eigenvalue weighted by atomic mass is 9.95. The molecule has 0 radical (unpaired) electrons. The van der Waals surface area contributed by atoms with Crippen molar-refractivity contribution < 1.29 is 14.3 Å². The minimum absolute atomic E-state index is 0.0891. The van der Waals surface area contributed by atoms with E-state index in [1.807, 2.05) is 12.1 Å². The van der Waals surface area contributed by atoms with Gasteiger partial charge in [-0.05, 0) is 37.8 Å². The third-order valence-electron chi connectivity index (χ3n) is 6.42. The number of hydrogen-bond donors (Lipinski definition) is 1. The minimum Gasteiger partial charge on any atom is -0.493 e. The van der Waals surface area contributed by atoms with Crippen LogP contribution < -0.4 is 19.3 Å². The van der Waals surface area contributed by atoms with Crippen molar-refractivity contribution in [2.75, 3.05) is 39.4 Å². The zero-order valence-corrected chi connectivity index (χ0v) is 20.4. The molecule has 176 valence electrons. The lowest BCUT2D eigenvalue weighted by Gasteiger charge is -2.41. The fraction of sp³-hybridized carbons (Fsp3) is 0.731. The molecule has 0 aliphatic carbocycles. The van der Waals surface area contributed by atoms with Gasteiger partial charge < -0.3 is 14.8 Å². The van der Waals surface area contributed by atoms with Gasteiger partial charge in [0.25, 0.3) is 0 Å². The van der Waals surface area contributed by atoms with E-state index in [1.54, 1.807) is 0 Å². The minimum atomic E-state index is 0.0891. The maximum atomic E-state index is 14.1. The van der Waals surface area contributed by atoms with E-state index in [-0.39, 0.29) is 5.92 Å². The second-order valence-corrected chi connectivity index (χ2v) is 8.78. The van der Waals surface area contributed by atoms with Crippen molar-refractivity contribution in [1.29, 1.82) is 0 Å². The summed E-state index contributed by atoms with van der Waals surface area (Å²) in [5.41, 5.74) is 0.992. The number of carbonyl (C=O) groups is 1. The predicted octanol–water partition coefficient (Wildman–Crippen LogP) is 5.70. The summed E-state index contributed by atoms with van der Waals surface area (Å²) in [6.07, 6.45) is 8.32. The van der Waals surface area contributed by atoms with Crippen LogP contribution in [0.2, 0.25) is 0 Å². The fourth-order valence-electron chi connectivity index (χ4n) is 4.36. The summed E-state index contributed by atoms with van der Waals surface area (Å²) in [7, 11) is 0. The number of rotatable bonds is 14. The molecule has 1 saturated heterocycles. The van der Waals surface area contributed by atoms with Crippen molar-refractivity contribution in [3.8, 4) is 11.5 Å². The Labute approximate surface area is 190 Å². The van der Waals surface area contributed by atoms with E-state index >= 15 is 0 Å². The van der Waals surface area contributed by atoms with Crippen LogP contribution in [0.15, 0.2) is 18.2 Å². The molecular weight excluding hydrogens is 388 g/mol. The van der Waals surface area contributed by atoms with E-state index in [0.717, 1.165) is 94.7 Å². The molecule has 1 fully saturated rings. The van der Waals surface area contributed by atoms with Gasteiger partial charge in [-0.15, -0.1) is 0 Å². The Morgan fingerprint density at radius 1 is 0.968 bits per heavy atom. The normalized spacial score (nSPS) is 16.6. The molecule has 1 heterocycles. The molecule has 0 spiro atoms. The molecular formula is C26H45N2O3+. The van der Waals surface area contributed by atoms with E-state index in [4.69, 9.17) is 9.47 Å². The number of unbranched alkanes of at least 4 members (excludes halogenated alkanes) is 3. The highest BCUT2D eigenvalue weighted by atomic mass is 16.5. The first-order chi connectivity index (χ1) is 15.1. The summed E-state index contributed by atoms with van der Waals surface area (Å²) in [6, 6.07) is 6.11. The summed E-state index contributed by atoms with van der Waals surface area (Å²) in [5.74, 6) is 2.13. The zero-order valence-electron chi connectivity index (χ0n) is 20.4. The van der Waals surface area contributed by atoms with E-state index < -0.39 is 0 Å². The van der Waals surface area contributed by atoms with E-state index in [2.05, 4.69) is 39.1 Å². The number of nitrogens with one attached hydrogen (secondary N) is 1. The van der Waals surface area contributed by atoms with Gasteiger partial charge in [0.05, 0.1) is 19.1 Å². The second-order valence-electron chi connectivity index (χ2n) is 8.78. The molecule has 1 atom stereocenters. The first-order valence-corrected chi connectivity index (χ1v) is 12.6. The molecule has 0 saturated carbocycles. The molecule has 1 unspecified atom stereocenters. The van der Waals surface area contributed by atoms with Gasteiger partial charge in [0.15, 0.2) is 11.4 Å². The van der Waals surface area contributed by atoms with Gasteiger partial charge in [0, 0.05) is 19.2 Å². The van der Waals surface area contributed by atoms with Gasteiger partial charge in [-0.3, -0.25) is 0 Å². The first-order valence-electron chi connectivity index (χ1n) is 12.6. The Bertz CT molecular complexity index is 656. The molecule has 1 amide bonds. The Morgan fingerprint density at radius 2 is 1.61 bits per heavy atom. The van der Waals surface area contributed by atoms with Gasteiger partial charge in [-0.2, -0.15) is 0 Å². The highest BCUT2D eigenvalue weighted by Crippen LogP contribution is 2.40. The third kappa shape index (κ3) is 6.95. The Morgan fingerprint density at radius 3 is 2.23 bits per heavy atom. The van der Waals surface area contributed by atoms with Crippen LogP contribution in [0.25, 0.3) is 0 Å². The highest BCUT2D eigenvalue weighted by molar-refractivity contribution is 5.92. The Kier molecular flexibility index (Phi) is 11.4. The van der Waals surface area contributed by atoms with Crippen LogP contribution in [-0.2, 0) is 4.79 Å². The lowest BCUT2D eigenvalue weighted by Crippen LogP contribution is -2.64. The maximum absolute atomic E-state index is 14.1. The van der Waals surface area contributed by atoms with Crippen molar-refractivity contribution in [3.63, 3.8) is 0 Å². The molecule has 1 aromatic carbocycles. The smallest absolute Gasteiger partial charge is 0.321 e. The van der Waals surface area contributed by atoms with Gasteiger partial charge >= 0.3 is 5.91 Å². The van der Waals surface area contributed by atoms with Crippen LogP contribution in [-0.4, -0.2) is 45.3 Å². The number of benzene rings is 1. The number of nitrogens with zero attached hydrogens (tertiary/aromatic N) is 1. The molecule has 5 heteroatoms. The summed E-state index contributed by atoms with van der Waals surface area (Å²) in [4.78, 5) is 14.1. The molecule has 1 aliphatic rings. The van der Waals surface area contributed by atoms with Crippen molar-refractivity contribution in [1.82, 2.24) is 9.80 Å². The number of ether oxygens (including phenoxy) is 2. The van der Waals surface area contributed by atoms with E-state index in [9.17, 15) is 4.79 Å². The van der Waals surface area contributed by atoms with Gasteiger partial charge in [0.1, 0.15) is 18.8 Å². The standard InChI is InChI=1S/C26H45N2O3/c1-5-9-12-22(8-4)26(29)28(17-15-27-16-18-28)24-21-23(30-19-10-6-2)13-14-25(24)31-20-11-7-3/h13-14,21-22,27H,5-12,15-20H2,1-4H3/q+1. The van der Waals surface area contributed by atoms with Gasteiger partial charge in [0.2, 0.25) is 0 Å². The third-order valence-corrected chi connectivity index (χ3v) is 6.42. The highest BCUT2D eigenvalue weighted by Gasteiger charge is 2.45. The van der Waals surface area contributed by atoms with Crippen LogP contribution in [0.3, 0.4) is 0 Å². The average molecular weight is 434 g/mol. The topological polar surface area (TPSA) is 47.6 Å². The molecule has 0 aromatic heterocycles. The van der Waals surface area contributed by atoms with Gasteiger partial charge in [-0.1, -0.05) is 53.4 Å².